The minimum Gasteiger partial charge on any atom is -0.284 e. The summed E-state index contributed by atoms with van der Waals surface area (Å²) in [4.78, 5) is 25.2. The quantitative estimate of drug-likeness (QED) is 0.202. The van der Waals surface area contributed by atoms with Crippen molar-refractivity contribution in [3.05, 3.63) is 139 Å². The van der Waals surface area contributed by atoms with Gasteiger partial charge in [0, 0.05) is 12.1 Å². The highest BCUT2D eigenvalue weighted by Crippen LogP contribution is 2.11. The molecule has 4 rings (SSSR count). The first-order chi connectivity index (χ1) is 20.9. The Kier molecular flexibility index (Phi) is 10.4. The maximum atomic E-state index is 12.7. The molecule has 0 aliphatic carbocycles. The van der Waals surface area contributed by atoms with E-state index in [1.807, 2.05) is 60.7 Å². The van der Waals surface area contributed by atoms with Gasteiger partial charge in [0.25, 0.3) is 11.1 Å². The predicted octanol–water partition coefficient (Wildman–Crippen LogP) is 3.96. The molecule has 0 unspecified atom stereocenters. The molecule has 0 N–H and O–H groups in total. The monoisotopic (exact) mass is 636 g/mol. The molecular formula is C32H32N2O8S2. The zero-order chi connectivity index (χ0) is 31.7. The Morgan fingerprint density at radius 1 is 0.568 bits per heavy atom. The van der Waals surface area contributed by atoms with Gasteiger partial charge in [0.05, 0.1) is 22.9 Å². The average Bonchev–Trinajstić information content (AvgIpc) is 2.97. The maximum Gasteiger partial charge on any atom is 0.327 e. The zero-order valence-corrected chi connectivity index (χ0v) is 25.8. The first-order valence-electron chi connectivity index (χ1n) is 13.7. The Hall–Kier alpha value is -4.68. The molecule has 230 valence electrons. The number of aryl methyl sites for hydroxylation is 2. The molecule has 4 aromatic rings. The molecule has 0 aliphatic rings. The minimum absolute atomic E-state index is 0.107. The molecule has 0 bridgehead atoms. The Bertz CT molecular complexity index is 1850. The highest BCUT2D eigenvalue weighted by atomic mass is 32.2. The molecule has 2 aromatic heterocycles. The number of rotatable bonds is 13. The molecule has 0 radical (unpaired) electrons. The van der Waals surface area contributed by atoms with Crippen molar-refractivity contribution >= 4 is 44.5 Å². The molecule has 0 saturated heterocycles. The molecule has 2 heterocycles. The lowest BCUT2D eigenvalue weighted by molar-refractivity contribution is 0.262. The van der Waals surface area contributed by atoms with Crippen molar-refractivity contribution in [3.63, 3.8) is 0 Å². The van der Waals surface area contributed by atoms with E-state index >= 15 is 0 Å². The van der Waals surface area contributed by atoms with Gasteiger partial charge in [0.2, 0.25) is 0 Å². The first-order valence-corrected chi connectivity index (χ1v) is 16.9. The van der Waals surface area contributed by atoms with Crippen LogP contribution in [-0.2, 0) is 20.2 Å². The Labute approximate surface area is 256 Å². The van der Waals surface area contributed by atoms with E-state index in [2.05, 4.69) is 0 Å². The summed E-state index contributed by atoms with van der Waals surface area (Å²) in [7, 11) is -8.55. The van der Waals surface area contributed by atoms with Crippen molar-refractivity contribution in [1.82, 2.24) is 9.46 Å². The standard InChI is InChI=1S/C32H32N2O8S2/c1-25-21-29(17-15-27-11-5-3-6-12-27)33(31(35)23-25)41-43(37,38)19-9-10-20-44(39,40)42-34-30(22-26(2)24-32(34)36)18-16-28-13-7-4-8-14-28/h3-8,11-18,21-24H,9-10,19-20H2,1-2H3. The van der Waals surface area contributed by atoms with Gasteiger partial charge in [0.15, 0.2) is 0 Å². The van der Waals surface area contributed by atoms with Gasteiger partial charge in [-0.25, -0.2) is 0 Å². The van der Waals surface area contributed by atoms with Gasteiger partial charge in [-0.2, -0.15) is 16.8 Å². The highest BCUT2D eigenvalue weighted by Gasteiger charge is 2.20. The normalized spacial score (nSPS) is 12.1. The van der Waals surface area contributed by atoms with Gasteiger partial charge in [-0.15, -0.1) is 9.46 Å². The van der Waals surface area contributed by atoms with Gasteiger partial charge < -0.3 is 0 Å². The molecule has 0 fully saturated rings. The highest BCUT2D eigenvalue weighted by molar-refractivity contribution is 7.87. The van der Waals surface area contributed by atoms with Crippen LogP contribution in [0.3, 0.4) is 0 Å². The van der Waals surface area contributed by atoms with Crippen LogP contribution in [0.15, 0.2) is 94.5 Å². The van der Waals surface area contributed by atoms with Gasteiger partial charge in [0.1, 0.15) is 0 Å². The van der Waals surface area contributed by atoms with E-state index in [9.17, 15) is 26.4 Å². The molecule has 0 saturated carbocycles. The third-order valence-corrected chi connectivity index (χ3v) is 8.56. The van der Waals surface area contributed by atoms with Crippen LogP contribution in [0.5, 0.6) is 0 Å². The Morgan fingerprint density at radius 2 is 0.932 bits per heavy atom. The summed E-state index contributed by atoms with van der Waals surface area (Å²) in [6.45, 7) is 3.41. The van der Waals surface area contributed by atoms with E-state index < -0.39 is 42.9 Å². The summed E-state index contributed by atoms with van der Waals surface area (Å²) in [6.07, 6.45) is 6.36. The molecule has 0 aliphatic heterocycles. The van der Waals surface area contributed by atoms with Gasteiger partial charge in [-0.1, -0.05) is 72.8 Å². The second-order valence-electron chi connectivity index (χ2n) is 10.0. The molecule has 0 spiro atoms. The molecule has 10 nitrogen and oxygen atoms in total. The third kappa shape index (κ3) is 9.41. The lowest BCUT2D eigenvalue weighted by atomic mass is 10.2. The van der Waals surface area contributed by atoms with Crippen molar-refractivity contribution in [1.29, 1.82) is 0 Å². The van der Waals surface area contributed by atoms with Crippen molar-refractivity contribution in [2.24, 2.45) is 0 Å². The maximum absolute atomic E-state index is 12.7. The smallest absolute Gasteiger partial charge is 0.284 e. The van der Waals surface area contributed by atoms with Crippen molar-refractivity contribution in [2.45, 2.75) is 26.7 Å². The number of benzene rings is 2. The number of aromatic nitrogens is 2. The summed E-state index contributed by atoms with van der Waals surface area (Å²) in [5.74, 6) is -1.11. The Balaban J connectivity index is 1.40. The van der Waals surface area contributed by atoms with Crippen molar-refractivity contribution in [2.75, 3.05) is 11.5 Å². The summed E-state index contributed by atoms with van der Waals surface area (Å²) in [5, 5.41) is 0. The van der Waals surface area contributed by atoms with E-state index in [0.717, 1.165) is 11.1 Å². The van der Waals surface area contributed by atoms with Crippen LogP contribution in [0, 0.1) is 13.8 Å². The second kappa shape index (κ2) is 14.2. The topological polar surface area (TPSA) is 131 Å². The van der Waals surface area contributed by atoms with Crippen LogP contribution in [0.4, 0.5) is 0 Å². The summed E-state index contributed by atoms with van der Waals surface area (Å²) < 4.78 is 62.6. The number of pyridine rings is 2. The van der Waals surface area contributed by atoms with Gasteiger partial charge in [-0.05, 0) is 73.2 Å². The predicted molar refractivity (Wildman–Crippen MR) is 172 cm³/mol. The zero-order valence-electron chi connectivity index (χ0n) is 24.2. The summed E-state index contributed by atoms with van der Waals surface area (Å²) in [6, 6.07) is 24.2. The van der Waals surface area contributed by atoms with Crippen molar-refractivity contribution < 1.29 is 25.4 Å². The number of hydrogen-bond donors (Lipinski definition) is 0. The number of hydrogen-bond acceptors (Lipinski definition) is 8. The molecule has 44 heavy (non-hydrogen) atoms. The van der Waals surface area contributed by atoms with Crippen LogP contribution < -0.4 is 19.7 Å². The van der Waals surface area contributed by atoms with Crippen LogP contribution in [-0.4, -0.2) is 37.8 Å². The average molecular weight is 637 g/mol. The van der Waals surface area contributed by atoms with Crippen LogP contribution in [0.2, 0.25) is 0 Å². The fourth-order valence-electron chi connectivity index (χ4n) is 4.17. The first kappa shape index (κ1) is 32.2. The van der Waals surface area contributed by atoms with Crippen LogP contribution >= 0.6 is 0 Å². The minimum atomic E-state index is -4.27. The molecule has 2 aromatic carbocycles. The third-order valence-electron chi connectivity index (χ3n) is 6.23. The van der Waals surface area contributed by atoms with Crippen LogP contribution in [0.25, 0.3) is 24.3 Å². The second-order valence-corrected chi connectivity index (χ2v) is 13.4. The van der Waals surface area contributed by atoms with E-state index in [1.165, 1.54) is 12.1 Å². The van der Waals surface area contributed by atoms with Crippen molar-refractivity contribution in [3.8, 4) is 0 Å². The summed E-state index contributed by atoms with van der Waals surface area (Å²) >= 11 is 0. The van der Waals surface area contributed by atoms with E-state index in [1.54, 1.807) is 50.3 Å². The van der Waals surface area contributed by atoms with Gasteiger partial charge >= 0.3 is 20.2 Å². The fraction of sp³-hybridized carbons (Fsp3) is 0.188. The van der Waals surface area contributed by atoms with Crippen LogP contribution in [0.1, 0.15) is 46.5 Å². The largest absolute Gasteiger partial charge is 0.327 e. The molecule has 12 heteroatoms. The molecule has 0 atom stereocenters. The lowest BCUT2D eigenvalue weighted by Crippen LogP contribution is -2.34. The SMILES string of the molecule is Cc1cc(C=Cc2ccccc2)n(OS(=O)(=O)CCCCS(=O)(=O)On2c(C=Cc3ccccc3)cc(C)cc2=O)c(=O)c1. The molecule has 0 amide bonds. The number of nitrogens with zero attached hydrogens (tertiary/aromatic N) is 2. The molecular weight excluding hydrogens is 604 g/mol. The van der Waals surface area contributed by atoms with Gasteiger partial charge in [-0.3, -0.25) is 18.2 Å². The number of unbranched alkanes of at least 4 members (excludes halogenated alkanes) is 1. The van der Waals surface area contributed by atoms with E-state index in [-0.39, 0.29) is 24.2 Å². The Morgan fingerprint density at radius 3 is 1.30 bits per heavy atom. The fourth-order valence-corrected chi connectivity index (χ4v) is 6.21. The van der Waals surface area contributed by atoms with E-state index in [4.69, 9.17) is 8.57 Å². The summed E-state index contributed by atoms with van der Waals surface area (Å²) in [5.41, 5.74) is 2.03. The van der Waals surface area contributed by atoms with E-state index in [0.29, 0.717) is 20.6 Å². The lowest BCUT2D eigenvalue weighted by Gasteiger charge is -2.13.